The van der Waals surface area contributed by atoms with Crippen LogP contribution in [0.25, 0.3) is 0 Å². The molecule has 2 aromatic rings. The van der Waals surface area contributed by atoms with Crippen molar-refractivity contribution in [2.45, 2.75) is 0 Å². The number of nitrogens with one attached hydrogen (secondary N) is 1. The number of carbonyl (C=O) groups is 1. The number of hydrogen-bond donors (Lipinski definition) is 1. The van der Waals surface area contributed by atoms with E-state index in [2.05, 4.69) is 15.3 Å². The van der Waals surface area contributed by atoms with Crippen LogP contribution >= 0.6 is 0 Å². The molecule has 0 atom stereocenters. The molecule has 1 amide bonds. The van der Waals surface area contributed by atoms with Crippen LogP contribution in [-0.2, 0) is 4.79 Å². The summed E-state index contributed by atoms with van der Waals surface area (Å²) in [5.41, 5.74) is 3.41. The molecule has 0 bridgehead atoms. The Morgan fingerprint density at radius 1 is 1.11 bits per heavy atom. The highest BCUT2D eigenvalue weighted by molar-refractivity contribution is 6.18. The summed E-state index contributed by atoms with van der Waals surface area (Å²) < 4.78 is 0. The van der Waals surface area contributed by atoms with E-state index in [0.717, 1.165) is 22.5 Å². The topological polar surface area (TPSA) is 54.4 Å². The second kappa shape index (κ2) is 4.41. The Morgan fingerprint density at radius 2 is 1.94 bits per heavy atom. The summed E-state index contributed by atoms with van der Waals surface area (Å²) in [7, 11) is 0. The van der Waals surface area contributed by atoms with Crippen molar-refractivity contribution < 1.29 is 4.79 Å². The van der Waals surface area contributed by atoms with Gasteiger partial charge in [0.1, 0.15) is 6.54 Å². The van der Waals surface area contributed by atoms with E-state index in [1.165, 1.54) is 0 Å². The monoisotopic (exact) mass is 237 g/mol. The predicted molar refractivity (Wildman–Crippen MR) is 69.8 cm³/mol. The average molecular weight is 237 g/mol. The third kappa shape index (κ3) is 1.88. The number of anilines is 1. The lowest BCUT2D eigenvalue weighted by molar-refractivity contribution is -0.114. The van der Waals surface area contributed by atoms with Crippen LogP contribution in [0.3, 0.4) is 0 Å². The molecule has 1 aliphatic rings. The van der Waals surface area contributed by atoms with Gasteiger partial charge >= 0.3 is 0 Å². The van der Waals surface area contributed by atoms with Crippen LogP contribution in [0.4, 0.5) is 5.69 Å². The number of benzene rings is 1. The van der Waals surface area contributed by atoms with Crippen LogP contribution in [0.2, 0.25) is 0 Å². The molecule has 4 nitrogen and oxygen atoms in total. The molecule has 0 unspecified atom stereocenters. The summed E-state index contributed by atoms with van der Waals surface area (Å²) in [6, 6.07) is 11.6. The zero-order valence-electron chi connectivity index (χ0n) is 9.63. The number of rotatable bonds is 1. The second-order valence-corrected chi connectivity index (χ2v) is 4.00. The number of hydrogen-bond acceptors (Lipinski definition) is 3. The molecule has 3 rings (SSSR count). The first-order valence-electron chi connectivity index (χ1n) is 5.69. The Bertz CT molecular complexity index is 620. The van der Waals surface area contributed by atoms with E-state index < -0.39 is 0 Å². The Morgan fingerprint density at radius 3 is 2.78 bits per heavy atom. The lowest BCUT2D eigenvalue weighted by Gasteiger charge is -2.08. The van der Waals surface area contributed by atoms with Gasteiger partial charge in [-0.2, -0.15) is 0 Å². The van der Waals surface area contributed by atoms with Crippen LogP contribution < -0.4 is 5.32 Å². The minimum Gasteiger partial charge on any atom is -0.324 e. The molecule has 88 valence electrons. The predicted octanol–water partition coefficient (Wildman–Crippen LogP) is 1.87. The Hall–Kier alpha value is -2.49. The maximum atomic E-state index is 11.6. The lowest BCUT2D eigenvalue weighted by Crippen LogP contribution is -2.13. The zero-order chi connectivity index (χ0) is 12.4. The fourth-order valence-electron chi connectivity index (χ4n) is 1.96. The van der Waals surface area contributed by atoms with E-state index in [1.54, 1.807) is 18.5 Å². The molecule has 1 aromatic carbocycles. The molecule has 18 heavy (non-hydrogen) atoms. The van der Waals surface area contributed by atoms with Gasteiger partial charge in [0.05, 0.1) is 11.4 Å². The number of amides is 1. The number of nitrogens with zero attached hydrogens (tertiary/aromatic N) is 2. The van der Waals surface area contributed by atoms with Crippen molar-refractivity contribution in [3.8, 4) is 0 Å². The van der Waals surface area contributed by atoms with Crippen LogP contribution in [0.15, 0.2) is 53.8 Å². The normalized spacial score (nSPS) is 14.2. The number of aromatic nitrogens is 1. The third-order valence-corrected chi connectivity index (χ3v) is 2.78. The highest BCUT2D eigenvalue weighted by Crippen LogP contribution is 2.21. The van der Waals surface area contributed by atoms with Crippen molar-refractivity contribution in [1.82, 2.24) is 4.98 Å². The molecule has 2 heterocycles. The van der Waals surface area contributed by atoms with Crippen molar-refractivity contribution >= 4 is 17.3 Å². The molecule has 0 saturated carbocycles. The number of fused-ring (bicyclic) bond motifs is 1. The van der Waals surface area contributed by atoms with Gasteiger partial charge in [-0.1, -0.05) is 30.3 Å². The first kappa shape index (κ1) is 10.7. The molecule has 1 aromatic heterocycles. The Kier molecular flexibility index (Phi) is 2.61. The summed E-state index contributed by atoms with van der Waals surface area (Å²) in [5, 5.41) is 2.83. The maximum Gasteiger partial charge on any atom is 0.246 e. The fourth-order valence-corrected chi connectivity index (χ4v) is 1.96. The van der Waals surface area contributed by atoms with E-state index >= 15 is 0 Å². The maximum absolute atomic E-state index is 11.6. The second-order valence-electron chi connectivity index (χ2n) is 4.00. The van der Waals surface area contributed by atoms with Gasteiger partial charge in [0.2, 0.25) is 5.91 Å². The molecule has 1 aliphatic heterocycles. The molecule has 0 fully saturated rings. The van der Waals surface area contributed by atoms with Crippen molar-refractivity contribution in [3.63, 3.8) is 0 Å². The summed E-state index contributed by atoms with van der Waals surface area (Å²) >= 11 is 0. The van der Waals surface area contributed by atoms with E-state index in [0.29, 0.717) is 0 Å². The van der Waals surface area contributed by atoms with Crippen molar-refractivity contribution in [1.29, 1.82) is 0 Å². The SMILES string of the molecule is O=C1CN=C(c2ccccc2)c2cnccc2N1. The zero-order valence-corrected chi connectivity index (χ0v) is 9.63. The molecular formula is C14H11N3O. The third-order valence-electron chi connectivity index (χ3n) is 2.78. The Labute approximate surface area is 104 Å². The fraction of sp³-hybridized carbons (Fsp3) is 0.0714. The summed E-state index contributed by atoms with van der Waals surface area (Å²) in [6.07, 6.45) is 3.39. The van der Waals surface area contributed by atoms with Crippen LogP contribution in [-0.4, -0.2) is 23.1 Å². The van der Waals surface area contributed by atoms with Crippen molar-refractivity contribution in [2.24, 2.45) is 4.99 Å². The summed E-state index contributed by atoms with van der Waals surface area (Å²) in [6.45, 7) is 0.138. The number of carbonyl (C=O) groups excluding carboxylic acids is 1. The van der Waals surface area contributed by atoms with E-state index in [1.807, 2.05) is 30.3 Å². The van der Waals surface area contributed by atoms with Gasteiger partial charge in [-0.15, -0.1) is 0 Å². The Balaban J connectivity index is 2.17. The molecule has 1 N–H and O–H groups in total. The summed E-state index contributed by atoms with van der Waals surface area (Å²) in [5.74, 6) is -0.103. The van der Waals surface area contributed by atoms with E-state index in [9.17, 15) is 4.79 Å². The molecule has 0 radical (unpaired) electrons. The molecular weight excluding hydrogens is 226 g/mol. The smallest absolute Gasteiger partial charge is 0.246 e. The molecule has 0 aliphatic carbocycles. The van der Waals surface area contributed by atoms with Gasteiger partial charge in [-0.3, -0.25) is 14.8 Å². The van der Waals surface area contributed by atoms with E-state index in [-0.39, 0.29) is 12.5 Å². The van der Waals surface area contributed by atoms with Crippen molar-refractivity contribution in [3.05, 3.63) is 59.9 Å². The van der Waals surface area contributed by atoms with Gasteiger partial charge in [0, 0.05) is 23.5 Å². The van der Waals surface area contributed by atoms with Gasteiger partial charge in [-0.25, -0.2) is 0 Å². The van der Waals surface area contributed by atoms with Gasteiger partial charge < -0.3 is 5.32 Å². The molecule has 0 saturated heterocycles. The average Bonchev–Trinajstić information content (AvgIpc) is 2.58. The highest BCUT2D eigenvalue weighted by Gasteiger charge is 2.17. The van der Waals surface area contributed by atoms with Crippen molar-refractivity contribution in [2.75, 3.05) is 11.9 Å². The van der Waals surface area contributed by atoms with Gasteiger partial charge in [-0.05, 0) is 6.07 Å². The summed E-state index contributed by atoms with van der Waals surface area (Å²) in [4.78, 5) is 20.1. The minimum atomic E-state index is -0.103. The van der Waals surface area contributed by atoms with Gasteiger partial charge in [0.25, 0.3) is 0 Å². The van der Waals surface area contributed by atoms with Crippen LogP contribution in [0.1, 0.15) is 11.1 Å². The van der Waals surface area contributed by atoms with Crippen LogP contribution in [0, 0.1) is 0 Å². The first-order valence-corrected chi connectivity index (χ1v) is 5.69. The molecule has 4 heteroatoms. The quantitative estimate of drug-likeness (QED) is 0.823. The lowest BCUT2D eigenvalue weighted by atomic mass is 10.0. The van der Waals surface area contributed by atoms with Crippen LogP contribution in [0.5, 0.6) is 0 Å². The number of pyridine rings is 1. The van der Waals surface area contributed by atoms with Gasteiger partial charge in [0.15, 0.2) is 0 Å². The standard InChI is InChI=1S/C14H11N3O/c18-13-9-16-14(10-4-2-1-3-5-10)11-8-15-7-6-12(11)17-13/h1-8H,9H2,(H,17,18). The van der Waals surface area contributed by atoms with E-state index in [4.69, 9.17) is 0 Å². The first-order chi connectivity index (χ1) is 8.84. The minimum absolute atomic E-state index is 0.103. The molecule has 0 spiro atoms. The highest BCUT2D eigenvalue weighted by atomic mass is 16.1. The largest absolute Gasteiger partial charge is 0.324 e. The number of aliphatic imine (C=N–C) groups is 1.